The maximum atomic E-state index is 14.2. The van der Waals surface area contributed by atoms with E-state index < -0.39 is 39.6 Å². The summed E-state index contributed by atoms with van der Waals surface area (Å²) in [6.07, 6.45) is 1.84. The van der Waals surface area contributed by atoms with Crippen molar-refractivity contribution in [3.8, 4) is 11.1 Å². The molecule has 0 aromatic heterocycles. The normalized spacial score (nSPS) is 19.3. The minimum Gasteiger partial charge on any atom is -0.337 e. The molecule has 5 nitrogen and oxygen atoms in total. The van der Waals surface area contributed by atoms with Crippen molar-refractivity contribution in [2.75, 3.05) is 12.8 Å². The Bertz CT molecular complexity index is 1090. The van der Waals surface area contributed by atoms with Gasteiger partial charge in [-0.25, -0.2) is 26.3 Å². The van der Waals surface area contributed by atoms with E-state index in [9.17, 15) is 26.4 Å². The Morgan fingerprint density at radius 2 is 1.90 bits per heavy atom. The Balaban J connectivity index is 1.94. The van der Waals surface area contributed by atoms with Gasteiger partial charge in [-0.15, -0.1) is 0 Å². The smallest absolute Gasteiger partial charge is 0.225 e. The van der Waals surface area contributed by atoms with Crippen molar-refractivity contribution in [2.45, 2.75) is 38.8 Å². The molecule has 0 aliphatic carbocycles. The second-order valence-corrected chi connectivity index (χ2v) is 9.97. The van der Waals surface area contributed by atoms with Gasteiger partial charge in [-0.1, -0.05) is 38.1 Å². The van der Waals surface area contributed by atoms with E-state index >= 15 is 0 Å². The van der Waals surface area contributed by atoms with Gasteiger partial charge in [-0.3, -0.25) is 4.79 Å². The summed E-state index contributed by atoms with van der Waals surface area (Å²) < 4.78 is 67.7. The number of nitrogens with one attached hydrogen (secondary N) is 1. The number of likely N-dealkylation sites (tertiary alicyclic amines) is 1. The van der Waals surface area contributed by atoms with Crippen molar-refractivity contribution in [1.82, 2.24) is 9.62 Å². The van der Waals surface area contributed by atoms with Gasteiger partial charge >= 0.3 is 0 Å². The van der Waals surface area contributed by atoms with E-state index in [0.717, 1.165) is 12.3 Å². The number of hydrogen-bond donors (Lipinski definition) is 1. The molecule has 2 atom stereocenters. The molecule has 0 spiro atoms. The summed E-state index contributed by atoms with van der Waals surface area (Å²) in [5.41, 5.74) is 0.780. The molecule has 1 N–H and O–H groups in total. The van der Waals surface area contributed by atoms with Crippen molar-refractivity contribution < 1.29 is 26.4 Å². The summed E-state index contributed by atoms with van der Waals surface area (Å²) in [6.45, 7) is 3.97. The van der Waals surface area contributed by atoms with Gasteiger partial charge in [0.15, 0.2) is 11.6 Å². The summed E-state index contributed by atoms with van der Waals surface area (Å²) in [6, 6.07) is 7.04. The van der Waals surface area contributed by atoms with E-state index in [1.165, 1.54) is 0 Å². The molecule has 2 aromatic rings. The average molecular weight is 455 g/mol. The molecule has 0 radical (unpaired) electrons. The van der Waals surface area contributed by atoms with E-state index in [-0.39, 0.29) is 17.4 Å². The molecule has 1 fully saturated rings. The third-order valence-corrected chi connectivity index (χ3v) is 6.09. The first-order valence-corrected chi connectivity index (χ1v) is 11.9. The van der Waals surface area contributed by atoms with Crippen LogP contribution in [0.1, 0.15) is 25.8 Å². The molecule has 0 bridgehead atoms. The Morgan fingerprint density at radius 1 is 1.19 bits per heavy atom. The van der Waals surface area contributed by atoms with Crippen LogP contribution in [-0.4, -0.2) is 44.1 Å². The first kappa shape index (κ1) is 23.3. The van der Waals surface area contributed by atoms with Crippen LogP contribution in [0.25, 0.3) is 11.1 Å². The maximum absolute atomic E-state index is 14.2. The van der Waals surface area contributed by atoms with Crippen LogP contribution in [0.4, 0.5) is 13.2 Å². The molecular formula is C22H25F3N2O3S. The number of benzene rings is 2. The molecule has 9 heteroatoms. The van der Waals surface area contributed by atoms with Gasteiger partial charge < -0.3 is 4.90 Å². The first-order chi connectivity index (χ1) is 14.5. The monoisotopic (exact) mass is 454 g/mol. The highest BCUT2D eigenvalue weighted by Gasteiger charge is 2.39. The number of halogens is 3. The van der Waals surface area contributed by atoms with Crippen LogP contribution < -0.4 is 4.72 Å². The first-order valence-electron chi connectivity index (χ1n) is 9.98. The molecule has 168 valence electrons. The zero-order valence-corrected chi connectivity index (χ0v) is 18.3. The Hall–Kier alpha value is -2.39. The van der Waals surface area contributed by atoms with Crippen molar-refractivity contribution in [3.05, 3.63) is 59.4 Å². The van der Waals surface area contributed by atoms with E-state index in [2.05, 4.69) is 4.72 Å². The van der Waals surface area contributed by atoms with E-state index in [1.807, 2.05) is 0 Å². The molecule has 1 aliphatic heterocycles. The molecule has 0 unspecified atom stereocenters. The highest BCUT2D eigenvalue weighted by Crippen LogP contribution is 2.29. The summed E-state index contributed by atoms with van der Waals surface area (Å²) in [7, 11) is -3.49. The third-order valence-electron chi connectivity index (χ3n) is 5.36. The lowest BCUT2D eigenvalue weighted by Gasteiger charge is -2.30. The summed E-state index contributed by atoms with van der Waals surface area (Å²) in [5, 5.41) is 0. The quantitative estimate of drug-likeness (QED) is 0.680. The Kier molecular flexibility index (Phi) is 6.76. The topological polar surface area (TPSA) is 66.5 Å². The minimum atomic E-state index is -3.49. The van der Waals surface area contributed by atoms with Crippen LogP contribution in [0.15, 0.2) is 36.4 Å². The van der Waals surface area contributed by atoms with E-state index in [1.54, 1.807) is 43.0 Å². The summed E-state index contributed by atoms with van der Waals surface area (Å²) >= 11 is 0. The Labute approximate surface area is 180 Å². The van der Waals surface area contributed by atoms with Crippen LogP contribution >= 0.6 is 0 Å². The number of sulfonamides is 1. The van der Waals surface area contributed by atoms with Gasteiger partial charge in [0, 0.05) is 30.1 Å². The number of hydrogen-bond acceptors (Lipinski definition) is 3. The van der Waals surface area contributed by atoms with Gasteiger partial charge in [0.1, 0.15) is 5.82 Å². The minimum absolute atomic E-state index is 0.0859. The predicted octanol–water partition coefficient (Wildman–Crippen LogP) is 3.49. The fourth-order valence-corrected chi connectivity index (χ4v) is 4.82. The van der Waals surface area contributed by atoms with Crippen LogP contribution in [0.2, 0.25) is 0 Å². The third kappa shape index (κ3) is 5.46. The van der Waals surface area contributed by atoms with Crippen molar-refractivity contribution in [3.63, 3.8) is 0 Å². The van der Waals surface area contributed by atoms with E-state index in [4.69, 9.17) is 0 Å². The van der Waals surface area contributed by atoms with Crippen LogP contribution in [0, 0.1) is 23.4 Å². The van der Waals surface area contributed by atoms with Crippen LogP contribution in [0.3, 0.4) is 0 Å². The molecule has 1 saturated heterocycles. The molecule has 1 amide bonds. The second-order valence-electron chi connectivity index (χ2n) is 8.19. The number of amides is 1. The maximum Gasteiger partial charge on any atom is 0.225 e. The van der Waals surface area contributed by atoms with Crippen molar-refractivity contribution in [2.24, 2.45) is 5.92 Å². The largest absolute Gasteiger partial charge is 0.337 e. The van der Waals surface area contributed by atoms with E-state index in [0.29, 0.717) is 36.6 Å². The molecule has 1 heterocycles. The van der Waals surface area contributed by atoms with Crippen molar-refractivity contribution in [1.29, 1.82) is 0 Å². The highest BCUT2D eigenvalue weighted by molar-refractivity contribution is 7.88. The fourth-order valence-electron chi connectivity index (χ4n) is 4.00. The van der Waals surface area contributed by atoms with Gasteiger partial charge in [-0.2, -0.15) is 0 Å². The summed E-state index contributed by atoms with van der Waals surface area (Å²) in [5.74, 6) is -3.65. The van der Waals surface area contributed by atoms with Crippen LogP contribution in [-0.2, 0) is 21.2 Å². The molecule has 0 saturated carbocycles. The standard InChI is InChI=1S/C22H25F3N2O3S/c1-13(2)22(28)27-8-7-19(26-31(3,29)30)20(27)10-14-5-4-6-15(9-14)17-11-16(23)12-18(24)21(17)25/h4-6,9,11-13,19-20,26H,7-8,10H2,1-3H3/t19-,20-/m0/s1. The van der Waals surface area contributed by atoms with Crippen molar-refractivity contribution >= 4 is 15.9 Å². The molecule has 31 heavy (non-hydrogen) atoms. The highest BCUT2D eigenvalue weighted by atomic mass is 32.2. The van der Waals surface area contributed by atoms with Gasteiger partial charge in [0.05, 0.1) is 12.3 Å². The molecule has 2 aromatic carbocycles. The lowest BCUT2D eigenvalue weighted by Crippen LogP contribution is -2.48. The SMILES string of the molecule is CC(C)C(=O)N1CC[C@H](NS(C)(=O)=O)[C@@H]1Cc1cccc(-c2cc(F)cc(F)c2F)c1. The van der Waals surface area contributed by atoms with Gasteiger partial charge in [-0.05, 0) is 30.0 Å². The van der Waals surface area contributed by atoms with Gasteiger partial charge in [0.25, 0.3) is 0 Å². The number of nitrogens with zero attached hydrogens (tertiary/aromatic N) is 1. The number of carbonyl (C=O) groups is 1. The Morgan fingerprint density at radius 3 is 2.55 bits per heavy atom. The zero-order valence-electron chi connectivity index (χ0n) is 17.5. The van der Waals surface area contributed by atoms with Crippen LogP contribution in [0.5, 0.6) is 0 Å². The zero-order chi connectivity index (χ0) is 22.9. The molecule has 3 rings (SSSR count). The lowest BCUT2D eigenvalue weighted by molar-refractivity contribution is -0.135. The lowest BCUT2D eigenvalue weighted by atomic mass is 9.96. The second kappa shape index (κ2) is 9.00. The number of rotatable bonds is 6. The number of carbonyl (C=O) groups excluding carboxylic acids is 1. The molecular weight excluding hydrogens is 429 g/mol. The predicted molar refractivity (Wildman–Crippen MR) is 112 cm³/mol. The molecule has 1 aliphatic rings. The summed E-state index contributed by atoms with van der Waals surface area (Å²) in [4.78, 5) is 14.3. The average Bonchev–Trinajstić information content (AvgIpc) is 3.04. The van der Waals surface area contributed by atoms with Gasteiger partial charge in [0.2, 0.25) is 15.9 Å². The fraction of sp³-hybridized carbons (Fsp3) is 0.409.